The van der Waals surface area contributed by atoms with Gasteiger partial charge in [0.25, 0.3) is 5.91 Å². The number of hydrogen-bond donors (Lipinski definition) is 3. The minimum Gasteiger partial charge on any atom is -0.449 e. The van der Waals surface area contributed by atoms with Crippen LogP contribution in [0.3, 0.4) is 0 Å². The predicted octanol–water partition coefficient (Wildman–Crippen LogP) is 2.14. The van der Waals surface area contributed by atoms with Crippen LogP contribution in [0.2, 0.25) is 0 Å². The predicted molar refractivity (Wildman–Crippen MR) is 113 cm³/mol. The number of carbonyl (C=O) groups excluding carboxylic acids is 3. The van der Waals surface area contributed by atoms with Gasteiger partial charge in [-0.25, -0.2) is 22.7 Å². The second kappa shape index (κ2) is 9.78. The van der Waals surface area contributed by atoms with Crippen LogP contribution in [0.5, 0.6) is 0 Å². The number of rotatable bonds is 7. The molecule has 1 aromatic carbocycles. The summed E-state index contributed by atoms with van der Waals surface area (Å²) in [5.41, 5.74) is 0.558. The number of ether oxygens (including phenoxy) is 1. The largest absolute Gasteiger partial charge is 0.449 e. The highest BCUT2D eigenvalue weighted by Crippen LogP contribution is 2.23. The van der Waals surface area contributed by atoms with E-state index in [9.17, 15) is 22.8 Å². The summed E-state index contributed by atoms with van der Waals surface area (Å²) in [6.07, 6.45) is 5.33. The molecular weight excluding hydrogens is 422 g/mol. The molecule has 9 nitrogen and oxygen atoms in total. The molecule has 2 saturated carbocycles. The molecule has 2 aliphatic carbocycles. The van der Waals surface area contributed by atoms with Crippen molar-refractivity contribution in [2.45, 2.75) is 81.9 Å². The third-order valence-electron chi connectivity index (χ3n) is 5.47. The van der Waals surface area contributed by atoms with Gasteiger partial charge >= 0.3 is 12.0 Å². The molecule has 0 spiro atoms. The van der Waals surface area contributed by atoms with Crippen LogP contribution in [0.1, 0.15) is 67.8 Å². The first-order chi connectivity index (χ1) is 14.7. The molecule has 10 heteroatoms. The van der Waals surface area contributed by atoms with Crippen molar-refractivity contribution in [1.82, 2.24) is 15.4 Å². The van der Waals surface area contributed by atoms with Gasteiger partial charge in [0, 0.05) is 12.1 Å². The SMILES string of the molecule is Cc1ccc(S(=O)(=O)NC2CC2)cc1C(=O)OC(C)C(=O)NC(=O)NC1CCCCC1. The molecule has 0 aromatic heterocycles. The first kappa shape index (κ1) is 23.2. The molecule has 3 rings (SSSR count). The van der Waals surface area contributed by atoms with Crippen LogP contribution < -0.4 is 15.4 Å². The topological polar surface area (TPSA) is 131 Å². The molecule has 1 atom stereocenters. The van der Waals surface area contributed by atoms with E-state index in [1.165, 1.54) is 25.1 Å². The van der Waals surface area contributed by atoms with E-state index < -0.39 is 34.0 Å². The van der Waals surface area contributed by atoms with Crippen molar-refractivity contribution in [3.8, 4) is 0 Å². The summed E-state index contributed by atoms with van der Waals surface area (Å²) in [4.78, 5) is 36.8. The molecule has 170 valence electrons. The summed E-state index contributed by atoms with van der Waals surface area (Å²) in [7, 11) is -3.73. The van der Waals surface area contributed by atoms with Gasteiger partial charge in [0.1, 0.15) is 0 Å². The van der Waals surface area contributed by atoms with Crippen molar-refractivity contribution < 1.29 is 27.5 Å². The Hall–Kier alpha value is -2.46. The van der Waals surface area contributed by atoms with Gasteiger partial charge in [-0.05, 0) is 57.2 Å². The molecule has 3 N–H and O–H groups in total. The van der Waals surface area contributed by atoms with Crippen molar-refractivity contribution in [1.29, 1.82) is 0 Å². The second-order valence-corrected chi connectivity index (χ2v) is 9.93. The van der Waals surface area contributed by atoms with E-state index in [0.29, 0.717) is 5.56 Å². The van der Waals surface area contributed by atoms with Crippen LogP contribution in [0.15, 0.2) is 23.1 Å². The fourth-order valence-corrected chi connectivity index (χ4v) is 4.77. The Bertz CT molecular complexity index is 952. The maximum Gasteiger partial charge on any atom is 0.339 e. The molecular formula is C21H29N3O6S. The van der Waals surface area contributed by atoms with Gasteiger partial charge in [0.2, 0.25) is 10.0 Å². The number of nitrogens with one attached hydrogen (secondary N) is 3. The van der Waals surface area contributed by atoms with Crippen molar-refractivity contribution in [3.05, 3.63) is 29.3 Å². The lowest BCUT2D eigenvalue weighted by Gasteiger charge is -2.23. The highest BCUT2D eigenvalue weighted by molar-refractivity contribution is 7.89. The number of hydrogen-bond acceptors (Lipinski definition) is 6. The Labute approximate surface area is 182 Å². The molecule has 31 heavy (non-hydrogen) atoms. The lowest BCUT2D eigenvalue weighted by molar-refractivity contribution is -0.127. The molecule has 0 aliphatic heterocycles. The molecule has 0 bridgehead atoms. The third-order valence-corrected chi connectivity index (χ3v) is 6.99. The van der Waals surface area contributed by atoms with Gasteiger partial charge in [-0.1, -0.05) is 25.3 Å². The van der Waals surface area contributed by atoms with Gasteiger partial charge in [-0.15, -0.1) is 0 Å². The first-order valence-electron chi connectivity index (χ1n) is 10.6. The zero-order valence-corrected chi connectivity index (χ0v) is 18.6. The zero-order chi connectivity index (χ0) is 22.6. The number of imide groups is 1. The van der Waals surface area contributed by atoms with Gasteiger partial charge in [0.15, 0.2) is 6.10 Å². The van der Waals surface area contributed by atoms with E-state index in [4.69, 9.17) is 4.74 Å². The minimum atomic E-state index is -3.73. The van der Waals surface area contributed by atoms with E-state index in [2.05, 4.69) is 15.4 Å². The molecule has 1 unspecified atom stereocenters. The smallest absolute Gasteiger partial charge is 0.339 e. The Morgan fingerprint density at radius 3 is 2.35 bits per heavy atom. The van der Waals surface area contributed by atoms with Crippen molar-refractivity contribution in [2.24, 2.45) is 0 Å². The number of sulfonamides is 1. The summed E-state index contributed by atoms with van der Waals surface area (Å²) in [6, 6.07) is 3.53. The van der Waals surface area contributed by atoms with Crippen LogP contribution in [0.25, 0.3) is 0 Å². The summed E-state index contributed by atoms with van der Waals surface area (Å²) in [6.45, 7) is 3.00. The summed E-state index contributed by atoms with van der Waals surface area (Å²) in [5, 5.41) is 4.95. The van der Waals surface area contributed by atoms with E-state index in [1.807, 2.05) is 0 Å². The van der Waals surface area contributed by atoms with Crippen molar-refractivity contribution >= 4 is 27.9 Å². The van der Waals surface area contributed by atoms with Crippen LogP contribution in [0.4, 0.5) is 4.79 Å². The quantitative estimate of drug-likeness (QED) is 0.545. The van der Waals surface area contributed by atoms with E-state index >= 15 is 0 Å². The number of amides is 3. The van der Waals surface area contributed by atoms with E-state index in [1.54, 1.807) is 6.92 Å². The fourth-order valence-electron chi connectivity index (χ4n) is 3.44. The number of aryl methyl sites for hydroxylation is 1. The highest BCUT2D eigenvalue weighted by atomic mass is 32.2. The molecule has 1 aromatic rings. The Kier molecular flexibility index (Phi) is 7.32. The lowest BCUT2D eigenvalue weighted by Crippen LogP contribution is -2.48. The standard InChI is InChI=1S/C21H29N3O6S/c1-13-8-11-17(31(28,29)24-16-9-10-16)12-18(13)20(26)30-14(2)19(25)23-21(27)22-15-6-4-3-5-7-15/h8,11-12,14-16,24H,3-7,9-10H2,1-2H3,(H2,22,23,25,27). The number of carbonyl (C=O) groups is 3. The Morgan fingerprint density at radius 1 is 1.03 bits per heavy atom. The molecule has 2 fully saturated rings. The monoisotopic (exact) mass is 451 g/mol. The number of urea groups is 1. The molecule has 2 aliphatic rings. The van der Waals surface area contributed by atoms with Crippen LogP contribution in [-0.2, 0) is 19.6 Å². The third kappa shape index (κ3) is 6.51. The van der Waals surface area contributed by atoms with Crippen molar-refractivity contribution in [3.63, 3.8) is 0 Å². The van der Waals surface area contributed by atoms with E-state index in [-0.39, 0.29) is 22.5 Å². The molecule has 0 radical (unpaired) electrons. The highest BCUT2D eigenvalue weighted by Gasteiger charge is 2.29. The maximum absolute atomic E-state index is 12.6. The van der Waals surface area contributed by atoms with Crippen molar-refractivity contribution in [2.75, 3.05) is 0 Å². The van der Waals surface area contributed by atoms with Crippen LogP contribution >= 0.6 is 0 Å². The Morgan fingerprint density at radius 2 is 1.71 bits per heavy atom. The first-order valence-corrected chi connectivity index (χ1v) is 12.1. The van der Waals surface area contributed by atoms with Gasteiger partial charge in [0.05, 0.1) is 10.5 Å². The number of esters is 1. The summed E-state index contributed by atoms with van der Waals surface area (Å²) < 4.78 is 32.6. The summed E-state index contributed by atoms with van der Waals surface area (Å²) >= 11 is 0. The maximum atomic E-state index is 12.6. The minimum absolute atomic E-state index is 0.0380. The average Bonchev–Trinajstić information content (AvgIpc) is 3.51. The molecule has 3 amide bonds. The van der Waals surface area contributed by atoms with E-state index in [0.717, 1.165) is 44.9 Å². The van der Waals surface area contributed by atoms with Crippen LogP contribution in [-0.4, -0.2) is 44.5 Å². The second-order valence-electron chi connectivity index (χ2n) is 8.22. The number of benzene rings is 1. The lowest BCUT2D eigenvalue weighted by atomic mass is 9.96. The fraction of sp³-hybridized carbons (Fsp3) is 0.571. The average molecular weight is 452 g/mol. The summed E-state index contributed by atoms with van der Waals surface area (Å²) in [5.74, 6) is -1.59. The normalized spacial score (nSPS) is 18.1. The van der Waals surface area contributed by atoms with Crippen LogP contribution in [0, 0.1) is 6.92 Å². The zero-order valence-electron chi connectivity index (χ0n) is 17.8. The van der Waals surface area contributed by atoms with Gasteiger partial charge < -0.3 is 10.1 Å². The van der Waals surface area contributed by atoms with Gasteiger partial charge in [-0.2, -0.15) is 0 Å². The van der Waals surface area contributed by atoms with Gasteiger partial charge in [-0.3, -0.25) is 10.1 Å². The molecule has 0 saturated heterocycles. The molecule has 0 heterocycles. The Balaban J connectivity index is 1.58.